The van der Waals surface area contributed by atoms with Crippen molar-refractivity contribution in [2.24, 2.45) is 17.8 Å². The number of nitrogens with one attached hydrogen (secondary N) is 1. The van der Waals surface area contributed by atoms with Gasteiger partial charge in [0.1, 0.15) is 0 Å². The second-order valence-corrected chi connectivity index (χ2v) is 11.3. The Morgan fingerprint density at radius 2 is 1.86 bits per heavy atom. The molecule has 3 aliphatic rings. The minimum absolute atomic E-state index is 0.0929. The summed E-state index contributed by atoms with van der Waals surface area (Å²) in [6.07, 6.45) is 6.06. The third kappa shape index (κ3) is 4.35. The molecule has 28 heavy (non-hydrogen) atoms. The number of halogens is 2. The number of hydrogen-bond donors (Lipinski definition) is 1. The van der Waals surface area contributed by atoms with Crippen molar-refractivity contribution in [3.05, 3.63) is 33.8 Å². The molecule has 1 N–H and O–H groups in total. The minimum Gasteiger partial charge on any atom is -0.353 e. The summed E-state index contributed by atoms with van der Waals surface area (Å²) in [5.41, 5.74) is 0.544. The first-order chi connectivity index (χ1) is 13.3. The van der Waals surface area contributed by atoms with E-state index in [1.165, 1.54) is 23.6 Å². The van der Waals surface area contributed by atoms with E-state index in [4.69, 9.17) is 23.2 Å². The first-order valence-electron chi connectivity index (χ1n) is 10.0. The van der Waals surface area contributed by atoms with Crippen LogP contribution in [0.2, 0.25) is 10.0 Å². The van der Waals surface area contributed by atoms with E-state index in [1.807, 2.05) is 0 Å². The fourth-order valence-corrected chi connectivity index (χ4v) is 7.19. The maximum atomic E-state index is 12.8. The predicted molar refractivity (Wildman–Crippen MR) is 111 cm³/mol. The second-order valence-electron chi connectivity index (χ2n) is 8.46. The molecule has 0 unspecified atom stereocenters. The van der Waals surface area contributed by atoms with Gasteiger partial charge in [-0.25, -0.2) is 12.7 Å². The largest absolute Gasteiger partial charge is 0.353 e. The summed E-state index contributed by atoms with van der Waals surface area (Å²) in [7, 11) is -3.48. The van der Waals surface area contributed by atoms with Crippen LogP contribution in [0.5, 0.6) is 0 Å². The molecule has 4 rings (SSSR count). The number of sulfonamides is 1. The molecule has 1 amide bonds. The molecular weight excluding hydrogens is 419 g/mol. The van der Waals surface area contributed by atoms with Gasteiger partial charge < -0.3 is 5.32 Å². The average molecular weight is 445 g/mol. The van der Waals surface area contributed by atoms with E-state index in [1.54, 1.807) is 18.2 Å². The molecule has 3 fully saturated rings. The Bertz CT molecular complexity index is 853. The fourth-order valence-electron chi connectivity index (χ4n) is 5.04. The minimum atomic E-state index is -3.48. The number of hydrogen-bond acceptors (Lipinski definition) is 3. The van der Waals surface area contributed by atoms with Crippen molar-refractivity contribution >= 4 is 39.1 Å². The lowest BCUT2D eigenvalue weighted by Crippen LogP contribution is -2.46. The van der Waals surface area contributed by atoms with Gasteiger partial charge in [0.05, 0.1) is 5.75 Å². The number of rotatable bonds is 5. The number of benzene rings is 1. The zero-order valence-corrected chi connectivity index (χ0v) is 18.1. The van der Waals surface area contributed by atoms with Gasteiger partial charge in [0.25, 0.3) is 0 Å². The quantitative estimate of drug-likeness (QED) is 0.749. The molecule has 5 nitrogen and oxygen atoms in total. The van der Waals surface area contributed by atoms with Crippen molar-refractivity contribution in [3.63, 3.8) is 0 Å². The smallest absolute Gasteiger partial charge is 0.223 e. The number of carbonyl (C=O) groups excluding carboxylic acids is 1. The van der Waals surface area contributed by atoms with Gasteiger partial charge in [0.2, 0.25) is 15.9 Å². The van der Waals surface area contributed by atoms with E-state index in [-0.39, 0.29) is 17.6 Å². The number of carbonyl (C=O) groups is 1. The molecule has 2 saturated carbocycles. The molecule has 2 aliphatic carbocycles. The van der Waals surface area contributed by atoms with Crippen LogP contribution < -0.4 is 5.32 Å². The van der Waals surface area contributed by atoms with Crippen LogP contribution in [0.4, 0.5) is 0 Å². The van der Waals surface area contributed by atoms with E-state index in [9.17, 15) is 13.2 Å². The molecule has 1 aromatic carbocycles. The first-order valence-corrected chi connectivity index (χ1v) is 12.4. The summed E-state index contributed by atoms with van der Waals surface area (Å²) in [6.45, 7) is 0.755. The van der Waals surface area contributed by atoms with Crippen LogP contribution >= 0.6 is 23.2 Å². The Hall–Kier alpha value is -0.820. The molecule has 154 valence electrons. The highest BCUT2D eigenvalue weighted by molar-refractivity contribution is 7.88. The van der Waals surface area contributed by atoms with Crippen LogP contribution in [0, 0.1) is 17.8 Å². The first kappa shape index (κ1) is 20.5. The molecule has 1 aliphatic heterocycles. The summed E-state index contributed by atoms with van der Waals surface area (Å²) in [4.78, 5) is 12.6. The van der Waals surface area contributed by atoms with Crippen molar-refractivity contribution < 1.29 is 13.2 Å². The summed E-state index contributed by atoms with van der Waals surface area (Å²) in [5, 5.41) is 4.09. The molecule has 3 atom stereocenters. The average Bonchev–Trinajstić information content (AvgIpc) is 3.27. The number of piperidine rings is 1. The molecule has 0 radical (unpaired) electrons. The lowest BCUT2D eigenvalue weighted by Gasteiger charge is -2.32. The molecule has 2 bridgehead atoms. The van der Waals surface area contributed by atoms with E-state index < -0.39 is 10.0 Å². The zero-order chi connectivity index (χ0) is 19.9. The van der Waals surface area contributed by atoms with E-state index in [0.717, 1.165) is 12.3 Å². The summed E-state index contributed by atoms with van der Waals surface area (Å²) in [5.74, 6) is 1.31. The second kappa shape index (κ2) is 8.13. The van der Waals surface area contributed by atoms with Crippen LogP contribution in [0.3, 0.4) is 0 Å². The van der Waals surface area contributed by atoms with Crippen molar-refractivity contribution in [1.29, 1.82) is 0 Å². The van der Waals surface area contributed by atoms with Gasteiger partial charge in [0.15, 0.2) is 0 Å². The van der Waals surface area contributed by atoms with Gasteiger partial charge >= 0.3 is 0 Å². The van der Waals surface area contributed by atoms with Crippen LogP contribution in [-0.2, 0) is 20.6 Å². The topological polar surface area (TPSA) is 66.5 Å². The Morgan fingerprint density at radius 3 is 2.46 bits per heavy atom. The molecule has 8 heteroatoms. The Morgan fingerprint density at radius 1 is 1.11 bits per heavy atom. The van der Waals surface area contributed by atoms with Gasteiger partial charge in [-0.3, -0.25) is 4.79 Å². The van der Waals surface area contributed by atoms with E-state index in [2.05, 4.69) is 5.32 Å². The maximum absolute atomic E-state index is 12.8. The van der Waals surface area contributed by atoms with Gasteiger partial charge in [-0.1, -0.05) is 35.7 Å². The van der Waals surface area contributed by atoms with Gasteiger partial charge in [-0.2, -0.15) is 0 Å². The third-order valence-electron chi connectivity index (χ3n) is 6.64. The van der Waals surface area contributed by atoms with Crippen LogP contribution in [0.15, 0.2) is 18.2 Å². The molecule has 0 aromatic heterocycles. The maximum Gasteiger partial charge on any atom is 0.223 e. The van der Waals surface area contributed by atoms with Crippen molar-refractivity contribution in [2.45, 2.75) is 50.3 Å². The highest BCUT2D eigenvalue weighted by atomic mass is 35.5. The van der Waals surface area contributed by atoms with E-state index in [0.29, 0.717) is 53.5 Å². The summed E-state index contributed by atoms with van der Waals surface area (Å²) < 4.78 is 27.0. The molecular formula is C20H26Cl2N2O3S. The highest BCUT2D eigenvalue weighted by Gasteiger charge is 2.41. The summed E-state index contributed by atoms with van der Waals surface area (Å²) >= 11 is 12.0. The van der Waals surface area contributed by atoms with Crippen molar-refractivity contribution in [1.82, 2.24) is 9.62 Å². The molecule has 1 heterocycles. The van der Waals surface area contributed by atoms with Crippen LogP contribution in [0.25, 0.3) is 0 Å². The lowest BCUT2D eigenvalue weighted by molar-refractivity contribution is -0.127. The van der Waals surface area contributed by atoms with Gasteiger partial charge in [-0.05, 0) is 61.6 Å². The summed E-state index contributed by atoms with van der Waals surface area (Å²) in [6, 6.07) is 5.18. The molecule has 1 saturated heterocycles. The van der Waals surface area contributed by atoms with Crippen molar-refractivity contribution in [2.75, 3.05) is 13.1 Å². The fraction of sp³-hybridized carbons (Fsp3) is 0.650. The van der Waals surface area contributed by atoms with Gasteiger partial charge in [-0.15, -0.1) is 0 Å². The standard InChI is InChI=1S/C20H26Cl2N2O3S/c21-17-4-3-16(18(22)11-17)12-28(26,27)24-7-5-14(6-8-24)20(25)23-19-10-13-1-2-15(19)9-13/h3-4,11,13-15,19H,1-2,5-10,12H2,(H,23,25)/t13-,15+,19-/m0/s1. The third-order valence-corrected chi connectivity index (χ3v) is 9.05. The molecule has 1 aromatic rings. The number of fused-ring (bicyclic) bond motifs is 2. The Labute approximate surface area is 176 Å². The van der Waals surface area contributed by atoms with Crippen LogP contribution in [-0.4, -0.2) is 37.8 Å². The zero-order valence-electron chi connectivity index (χ0n) is 15.7. The van der Waals surface area contributed by atoms with Crippen molar-refractivity contribution in [3.8, 4) is 0 Å². The highest BCUT2D eigenvalue weighted by Crippen LogP contribution is 2.44. The monoisotopic (exact) mass is 444 g/mol. The SMILES string of the molecule is O=C(N[C@H]1C[C@H]2CC[C@@H]1C2)C1CCN(S(=O)(=O)Cc2ccc(Cl)cc2Cl)CC1. The predicted octanol–water partition coefficient (Wildman–Crippen LogP) is 3.84. The van der Waals surface area contributed by atoms with Crippen LogP contribution in [0.1, 0.15) is 44.1 Å². The lowest BCUT2D eigenvalue weighted by atomic mass is 9.93. The normalized spacial score (nSPS) is 28.6. The van der Waals surface area contributed by atoms with Gasteiger partial charge in [0, 0.05) is 35.1 Å². The number of nitrogens with zero attached hydrogens (tertiary/aromatic N) is 1. The molecule has 0 spiro atoms. The van der Waals surface area contributed by atoms with E-state index >= 15 is 0 Å². The number of amides is 1. The Balaban J connectivity index is 1.31. The Kier molecular flexibility index (Phi) is 5.94.